The average molecular weight is 294 g/mol. The van der Waals surface area contributed by atoms with Gasteiger partial charge < -0.3 is 9.47 Å². The highest BCUT2D eigenvalue weighted by atomic mass is 32.1. The first kappa shape index (κ1) is 13.6. The van der Waals surface area contributed by atoms with Crippen molar-refractivity contribution in [3.05, 3.63) is 22.5 Å². The molecule has 1 aliphatic heterocycles. The highest BCUT2D eigenvalue weighted by molar-refractivity contribution is 7.15. The van der Waals surface area contributed by atoms with E-state index in [2.05, 4.69) is 16.3 Å². The molecule has 108 valence electrons. The van der Waals surface area contributed by atoms with Crippen LogP contribution >= 0.6 is 11.3 Å². The molecule has 0 radical (unpaired) electrons. The number of esters is 1. The van der Waals surface area contributed by atoms with Gasteiger partial charge in [0, 0.05) is 17.5 Å². The number of rotatable bonds is 3. The summed E-state index contributed by atoms with van der Waals surface area (Å²) < 4.78 is 13.0. The summed E-state index contributed by atoms with van der Waals surface area (Å²) in [6.07, 6.45) is 1.29. The van der Waals surface area contributed by atoms with Crippen LogP contribution in [0.3, 0.4) is 0 Å². The van der Waals surface area contributed by atoms with Gasteiger partial charge in [0.15, 0.2) is 4.96 Å². The van der Waals surface area contributed by atoms with Crippen molar-refractivity contribution >= 4 is 22.3 Å². The van der Waals surface area contributed by atoms with Gasteiger partial charge in [-0.05, 0) is 20.8 Å². The standard InChI is InChI=1S/C14H18N2O3S/c1-4-18-12(17)6-10-7-20-14-15-11-5-8(2)19-9(3)13(11)16(10)14/h7-9H,4-6H2,1-3H3. The van der Waals surface area contributed by atoms with Crippen LogP contribution in [-0.4, -0.2) is 28.1 Å². The number of fused-ring (bicyclic) bond motifs is 3. The zero-order valence-corrected chi connectivity index (χ0v) is 12.7. The molecule has 5 nitrogen and oxygen atoms in total. The van der Waals surface area contributed by atoms with E-state index >= 15 is 0 Å². The Morgan fingerprint density at radius 2 is 2.40 bits per heavy atom. The van der Waals surface area contributed by atoms with Crippen molar-refractivity contribution in [2.75, 3.05) is 6.61 Å². The van der Waals surface area contributed by atoms with E-state index in [9.17, 15) is 4.79 Å². The Labute approximate surface area is 121 Å². The first-order valence-electron chi connectivity index (χ1n) is 6.88. The van der Waals surface area contributed by atoms with Crippen LogP contribution in [0, 0.1) is 0 Å². The third-order valence-corrected chi connectivity index (χ3v) is 4.35. The van der Waals surface area contributed by atoms with Crippen molar-refractivity contribution in [3.63, 3.8) is 0 Å². The lowest BCUT2D eigenvalue weighted by Crippen LogP contribution is -2.23. The second-order valence-electron chi connectivity index (χ2n) is 5.06. The smallest absolute Gasteiger partial charge is 0.311 e. The second-order valence-corrected chi connectivity index (χ2v) is 5.90. The Bertz CT molecular complexity index is 646. The van der Waals surface area contributed by atoms with Gasteiger partial charge in [-0.3, -0.25) is 9.20 Å². The van der Waals surface area contributed by atoms with E-state index in [0.717, 1.165) is 28.5 Å². The number of aromatic nitrogens is 2. The SMILES string of the molecule is CCOC(=O)Cc1csc2nc3c(n12)C(C)OC(C)C3. The maximum Gasteiger partial charge on any atom is 0.311 e. The fraction of sp³-hybridized carbons (Fsp3) is 0.571. The minimum atomic E-state index is -0.201. The summed E-state index contributed by atoms with van der Waals surface area (Å²) in [5.41, 5.74) is 3.11. The molecular formula is C14H18N2O3S. The van der Waals surface area contributed by atoms with Gasteiger partial charge in [0.1, 0.15) is 0 Å². The molecule has 0 bridgehead atoms. The Morgan fingerprint density at radius 3 is 3.15 bits per heavy atom. The Hall–Kier alpha value is -1.40. The van der Waals surface area contributed by atoms with Crippen molar-refractivity contribution in [2.24, 2.45) is 0 Å². The maximum atomic E-state index is 11.7. The predicted molar refractivity (Wildman–Crippen MR) is 76.1 cm³/mol. The van der Waals surface area contributed by atoms with E-state index in [4.69, 9.17) is 9.47 Å². The van der Waals surface area contributed by atoms with Crippen molar-refractivity contribution in [1.82, 2.24) is 9.38 Å². The van der Waals surface area contributed by atoms with Crippen molar-refractivity contribution in [2.45, 2.75) is 45.8 Å². The van der Waals surface area contributed by atoms with Crippen LogP contribution in [0.4, 0.5) is 0 Å². The van der Waals surface area contributed by atoms with Gasteiger partial charge in [-0.15, -0.1) is 11.3 Å². The first-order chi connectivity index (χ1) is 9.60. The molecule has 0 fully saturated rings. The number of nitrogens with zero attached hydrogens (tertiary/aromatic N) is 2. The number of imidazole rings is 1. The summed E-state index contributed by atoms with van der Waals surface area (Å²) >= 11 is 1.56. The molecule has 0 spiro atoms. The van der Waals surface area contributed by atoms with Crippen LogP contribution in [0.2, 0.25) is 0 Å². The summed E-state index contributed by atoms with van der Waals surface area (Å²) in [4.78, 5) is 17.3. The predicted octanol–water partition coefficient (Wildman–Crippen LogP) is 2.52. The molecule has 2 aromatic rings. The molecule has 0 aromatic carbocycles. The molecule has 0 aliphatic carbocycles. The number of hydrogen-bond donors (Lipinski definition) is 0. The Kier molecular flexibility index (Phi) is 3.52. The van der Waals surface area contributed by atoms with Crippen LogP contribution in [0.5, 0.6) is 0 Å². The monoisotopic (exact) mass is 294 g/mol. The largest absolute Gasteiger partial charge is 0.466 e. The van der Waals surface area contributed by atoms with Gasteiger partial charge in [0.2, 0.25) is 0 Å². The van der Waals surface area contributed by atoms with Crippen molar-refractivity contribution in [1.29, 1.82) is 0 Å². The van der Waals surface area contributed by atoms with Gasteiger partial charge in [-0.1, -0.05) is 0 Å². The number of carbonyl (C=O) groups is 1. The number of hydrogen-bond acceptors (Lipinski definition) is 5. The van der Waals surface area contributed by atoms with Gasteiger partial charge in [0.25, 0.3) is 0 Å². The molecule has 0 N–H and O–H groups in total. The van der Waals surface area contributed by atoms with Crippen LogP contribution in [-0.2, 0) is 27.1 Å². The lowest BCUT2D eigenvalue weighted by molar-refractivity contribution is -0.142. The third kappa shape index (κ3) is 2.23. The van der Waals surface area contributed by atoms with Crippen LogP contribution in [0.25, 0.3) is 4.96 Å². The van der Waals surface area contributed by atoms with E-state index in [0.29, 0.717) is 6.61 Å². The quantitative estimate of drug-likeness (QED) is 0.816. The first-order valence-corrected chi connectivity index (χ1v) is 7.76. The van der Waals surface area contributed by atoms with E-state index in [1.807, 2.05) is 19.2 Å². The van der Waals surface area contributed by atoms with E-state index in [1.54, 1.807) is 11.3 Å². The molecule has 3 heterocycles. The minimum Gasteiger partial charge on any atom is -0.466 e. The summed E-state index contributed by atoms with van der Waals surface area (Å²) in [5.74, 6) is -0.201. The van der Waals surface area contributed by atoms with Crippen LogP contribution < -0.4 is 0 Å². The normalized spacial score (nSPS) is 21.9. The van der Waals surface area contributed by atoms with Gasteiger partial charge in [-0.2, -0.15) is 0 Å². The van der Waals surface area contributed by atoms with Crippen molar-refractivity contribution in [3.8, 4) is 0 Å². The maximum absolute atomic E-state index is 11.7. The van der Waals surface area contributed by atoms with Gasteiger partial charge in [0.05, 0.1) is 36.6 Å². The minimum absolute atomic E-state index is 0.000652. The second kappa shape index (κ2) is 5.18. The molecule has 2 unspecified atom stereocenters. The summed E-state index contributed by atoms with van der Waals surface area (Å²) in [6, 6.07) is 0. The van der Waals surface area contributed by atoms with Gasteiger partial charge >= 0.3 is 5.97 Å². The molecular weight excluding hydrogens is 276 g/mol. The molecule has 1 aliphatic rings. The molecule has 6 heteroatoms. The summed E-state index contributed by atoms with van der Waals surface area (Å²) in [7, 11) is 0. The van der Waals surface area contributed by atoms with Crippen molar-refractivity contribution < 1.29 is 14.3 Å². The van der Waals surface area contributed by atoms with E-state index in [1.165, 1.54) is 0 Å². The molecule has 0 amide bonds. The molecule has 0 saturated heterocycles. The Balaban J connectivity index is 2.01. The molecule has 20 heavy (non-hydrogen) atoms. The number of thiazole rings is 1. The fourth-order valence-electron chi connectivity index (χ4n) is 2.77. The Morgan fingerprint density at radius 1 is 1.60 bits per heavy atom. The zero-order chi connectivity index (χ0) is 14.3. The molecule has 2 atom stereocenters. The average Bonchev–Trinajstić information content (AvgIpc) is 2.89. The number of ether oxygens (including phenoxy) is 2. The van der Waals surface area contributed by atoms with E-state index < -0.39 is 0 Å². The molecule has 3 rings (SSSR count). The van der Waals surface area contributed by atoms with E-state index in [-0.39, 0.29) is 24.6 Å². The highest BCUT2D eigenvalue weighted by Gasteiger charge is 2.29. The molecule has 2 aromatic heterocycles. The lowest BCUT2D eigenvalue weighted by Gasteiger charge is -2.25. The van der Waals surface area contributed by atoms with Crippen LogP contribution in [0.1, 0.15) is 44.0 Å². The zero-order valence-electron chi connectivity index (χ0n) is 11.9. The third-order valence-electron chi connectivity index (χ3n) is 3.48. The summed E-state index contributed by atoms with van der Waals surface area (Å²) in [5, 5.41) is 1.98. The molecule has 0 saturated carbocycles. The van der Waals surface area contributed by atoms with Gasteiger partial charge in [-0.25, -0.2) is 4.98 Å². The fourth-order valence-corrected chi connectivity index (χ4v) is 3.68. The topological polar surface area (TPSA) is 52.8 Å². The lowest BCUT2D eigenvalue weighted by atomic mass is 10.1. The van der Waals surface area contributed by atoms with Crippen LogP contribution in [0.15, 0.2) is 5.38 Å². The number of carbonyl (C=O) groups excluding carboxylic acids is 1. The summed E-state index contributed by atoms with van der Waals surface area (Å²) in [6.45, 7) is 6.32. The highest BCUT2D eigenvalue weighted by Crippen LogP contribution is 2.33.